The maximum atomic E-state index is 11.6. The molecular weight excluding hydrogens is 230 g/mol. The second-order valence-corrected chi connectivity index (χ2v) is 4.16. The van der Waals surface area contributed by atoms with Crippen LogP contribution in [0, 0.1) is 0 Å². The number of piperidine rings is 1. The Morgan fingerprint density at radius 2 is 2.12 bits per heavy atom. The maximum absolute atomic E-state index is 11.6. The van der Waals surface area contributed by atoms with Gasteiger partial charge < -0.3 is 14.4 Å². The third kappa shape index (κ3) is 4.68. The van der Waals surface area contributed by atoms with Gasteiger partial charge in [0.2, 0.25) is 5.91 Å². The Morgan fingerprint density at radius 1 is 1.44 bits per heavy atom. The van der Waals surface area contributed by atoms with Gasteiger partial charge >= 0.3 is 0 Å². The van der Waals surface area contributed by atoms with Gasteiger partial charge in [-0.3, -0.25) is 4.79 Å². The largest absolute Gasteiger partial charge is 0.377 e. The highest BCUT2D eigenvalue weighted by Crippen LogP contribution is 2.13. The van der Waals surface area contributed by atoms with E-state index in [0.717, 1.165) is 25.9 Å². The van der Waals surface area contributed by atoms with Crippen molar-refractivity contribution in [2.75, 3.05) is 38.8 Å². The molecule has 5 heteroatoms. The van der Waals surface area contributed by atoms with Crippen LogP contribution in [0.1, 0.15) is 19.8 Å². The van der Waals surface area contributed by atoms with Crippen molar-refractivity contribution in [3.8, 4) is 0 Å². The number of hydrogen-bond acceptors (Lipinski definition) is 3. The lowest BCUT2D eigenvalue weighted by Crippen LogP contribution is -2.42. The highest BCUT2D eigenvalue weighted by atomic mass is 35.5. The van der Waals surface area contributed by atoms with E-state index in [9.17, 15) is 4.79 Å². The number of amides is 1. The zero-order valence-electron chi connectivity index (χ0n) is 9.78. The van der Waals surface area contributed by atoms with Crippen molar-refractivity contribution in [3.63, 3.8) is 0 Å². The Bertz CT molecular complexity index is 205. The van der Waals surface area contributed by atoms with Crippen LogP contribution >= 0.6 is 11.6 Å². The standard InChI is InChI=1S/C11H20ClNO3/c1-2-15-9-11(14)13-6-3-10(4-7-13)16-8-5-12/h10H,2-9H2,1H3. The van der Waals surface area contributed by atoms with Gasteiger partial charge in [0, 0.05) is 25.6 Å². The fraction of sp³-hybridized carbons (Fsp3) is 0.909. The van der Waals surface area contributed by atoms with Crippen LogP contribution in [0.15, 0.2) is 0 Å². The molecule has 0 atom stereocenters. The summed E-state index contributed by atoms with van der Waals surface area (Å²) in [5.74, 6) is 0.612. The topological polar surface area (TPSA) is 38.8 Å². The van der Waals surface area contributed by atoms with E-state index in [4.69, 9.17) is 21.1 Å². The van der Waals surface area contributed by atoms with E-state index in [0.29, 0.717) is 19.1 Å². The predicted octanol–water partition coefficient (Wildman–Crippen LogP) is 1.27. The highest BCUT2D eigenvalue weighted by Gasteiger charge is 2.22. The molecule has 0 N–H and O–H groups in total. The Morgan fingerprint density at radius 3 is 2.69 bits per heavy atom. The van der Waals surface area contributed by atoms with Crippen LogP contribution in [0.5, 0.6) is 0 Å². The lowest BCUT2D eigenvalue weighted by molar-refractivity contribution is -0.138. The minimum absolute atomic E-state index is 0.0812. The van der Waals surface area contributed by atoms with Gasteiger partial charge in [0.1, 0.15) is 6.61 Å². The maximum Gasteiger partial charge on any atom is 0.248 e. The van der Waals surface area contributed by atoms with Crippen molar-refractivity contribution in [1.82, 2.24) is 4.90 Å². The van der Waals surface area contributed by atoms with Crippen molar-refractivity contribution < 1.29 is 14.3 Å². The van der Waals surface area contributed by atoms with Crippen LogP contribution in [0.25, 0.3) is 0 Å². The van der Waals surface area contributed by atoms with Gasteiger partial charge in [-0.15, -0.1) is 11.6 Å². The van der Waals surface area contributed by atoms with E-state index in [1.165, 1.54) is 0 Å². The minimum atomic E-state index is 0.0812. The second kappa shape index (κ2) is 7.87. The predicted molar refractivity (Wildman–Crippen MR) is 62.8 cm³/mol. The van der Waals surface area contributed by atoms with Crippen LogP contribution in [-0.2, 0) is 14.3 Å². The number of likely N-dealkylation sites (tertiary alicyclic amines) is 1. The molecule has 0 spiro atoms. The van der Waals surface area contributed by atoms with Crippen molar-refractivity contribution in [1.29, 1.82) is 0 Å². The molecule has 0 aromatic heterocycles. The average Bonchev–Trinajstić information content (AvgIpc) is 2.34. The highest BCUT2D eigenvalue weighted by molar-refractivity contribution is 6.17. The summed E-state index contributed by atoms with van der Waals surface area (Å²) in [6.45, 7) is 4.79. The van der Waals surface area contributed by atoms with E-state index < -0.39 is 0 Å². The number of ether oxygens (including phenoxy) is 2. The number of alkyl halides is 1. The molecule has 1 fully saturated rings. The van der Waals surface area contributed by atoms with Gasteiger partial charge in [-0.25, -0.2) is 0 Å². The van der Waals surface area contributed by atoms with E-state index in [1.807, 2.05) is 11.8 Å². The van der Waals surface area contributed by atoms with E-state index in [-0.39, 0.29) is 18.6 Å². The van der Waals surface area contributed by atoms with Gasteiger partial charge in [0.25, 0.3) is 0 Å². The molecule has 0 aliphatic carbocycles. The summed E-state index contributed by atoms with van der Waals surface area (Å²) in [5.41, 5.74) is 0. The van der Waals surface area contributed by atoms with Crippen LogP contribution in [0.3, 0.4) is 0 Å². The second-order valence-electron chi connectivity index (χ2n) is 3.78. The number of carbonyl (C=O) groups excluding carboxylic acids is 1. The lowest BCUT2D eigenvalue weighted by atomic mass is 10.1. The summed E-state index contributed by atoms with van der Waals surface area (Å²) in [6, 6.07) is 0. The molecule has 1 heterocycles. The van der Waals surface area contributed by atoms with E-state index in [2.05, 4.69) is 0 Å². The monoisotopic (exact) mass is 249 g/mol. The molecule has 1 saturated heterocycles. The first kappa shape index (κ1) is 13.7. The molecule has 0 saturated carbocycles. The summed E-state index contributed by atoms with van der Waals surface area (Å²) in [6.07, 6.45) is 2.05. The Labute approximate surface area is 102 Å². The van der Waals surface area contributed by atoms with E-state index in [1.54, 1.807) is 0 Å². The normalized spacial score (nSPS) is 17.8. The average molecular weight is 250 g/mol. The van der Waals surface area contributed by atoms with Gasteiger partial charge in [0.05, 0.1) is 12.7 Å². The Hall–Kier alpha value is -0.320. The summed E-state index contributed by atoms with van der Waals surface area (Å²) < 4.78 is 10.6. The zero-order chi connectivity index (χ0) is 11.8. The molecule has 1 aliphatic heterocycles. The molecular formula is C11H20ClNO3. The minimum Gasteiger partial charge on any atom is -0.377 e. The van der Waals surface area contributed by atoms with Crippen molar-refractivity contribution in [3.05, 3.63) is 0 Å². The Balaban J connectivity index is 2.18. The summed E-state index contributed by atoms with van der Waals surface area (Å²) >= 11 is 5.55. The summed E-state index contributed by atoms with van der Waals surface area (Å²) in [5, 5.41) is 0. The van der Waals surface area contributed by atoms with Gasteiger partial charge in [-0.2, -0.15) is 0 Å². The number of nitrogens with zero attached hydrogens (tertiary/aromatic N) is 1. The van der Waals surface area contributed by atoms with Gasteiger partial charge in [0.15, 0.2) is 0 Å². The number of halogens is 1. The van der Waals surface area contributed by atoms with Crippen LogP contribution < -0.4 is 0 Å². The zero-order valence-corrected chi connectivity index (χ0v) is 10.5. The molecule has 16 heavy (non-hydrogen) atoms. The third-order valence-corrected chi connectivity index (χ3v) is 2.81. The molecule has 94 valence electrons. The van der Waals surface area contributed by atoms with Gasteiger partial charge in [-0.05, 0) is 19.8 Å². The first-order chi connectivity index (χ1) is 7.77. The molecule has 4 nitrogen and oxygen atoms in total. The van der Waals surface area contributed by atoms with Crippen LogP contribution in [-0.4, -0.2) is 55.7 Å². The molecule has 0 aromatic carbocycles. The molecule has 1 rings (SSSR count). The molecule has 0 radical (unpaired) electrons. The molecule has 0 unspecified atom stereocenters. The van der Waals surface area contributed by atoms with Crippen molar-refractivity contribution in [2.24, 2.45) is 0 Å². The van der Waals surface area contributed by atoms with Crippen LogP contribution in [0.2, 0.25) is 0 Å². The fourth-order valence-electron chi connectivity index (χ4n) is 1.76. The molecule has 1 aliphatic rings. The quantitative estimate of drug-likeness (QED) is 0.666. The summed E-state index contributed by atoms with van der Waals surface area (Å²) in [7, 11) is 0. The molecule has 1 amide bonds. The first-order valence-electron chi connectivity index (χ1n) is 5.81. The molecule has 0 aromatic rings. The fourth-order valence-corrected chi connectivity index (χ4v) is 1.85. The SMILES string of the molecule is CCOCC(=O)N1CCC(OCCCl)CC1. The van der Waals surface area contributed by atoms with Crippen molar-refractivity contribution in [2.45, 2.75) is 25.9 Å². The summed E-state index contributed by atoms with van der Waals surface area (Å²) in [4.78, 5) is 13.5. The number of rotatable bonds is 6. The van der Waals surface area contributed by atoms with Crippen molar-refractivity contribution >= 4 is 17.5 Å². The van der Waals surface area contributed by atoms with Crippen LogP contribution in [0.4, 0.5) is 0 Å². The molecule has 0 bridgehead atoms. The number of carbonyl (C=O) groups is 1. The number of hydrogen-bond donors (Lipinski definition) is 0. The van der Waals surface area contributed by atoms with Gasteiger partial charge in [-0.1, -0.05) is 0 Å². The van der Waals surface area contributed by atoms with E-state index >= 15 is 0 Å². The lowest BCUT2D eigenvalue weighted by Gasteiger charge is -2.31. The smallest absolute Gasteiger partial charge is 0.248 e. The first-order valence-corrected chi connectivity index (χ1v) is 6.34. The third-order valence-electron chi connectivity index (χ3n) is 2.66. The Kier molecular flexibility index (Phi) is 6.76.